The first-order valence-corrected chi connectivity index (χ1v) is 5.70. The fraction of sp³-hybridized carbons (Fsp3) is 0.0769. The third kappa shape index (κ3) is 1.69. The van der Waals surface area contributed by atoms with E-state index in [0.29, 0.717) is 5.52 Å². The number of hydrogen-bond acceptors (Lipinski definition) is 4. The molecule has 0 aliphatic carbocycles. The molecule has 3 aromatic rings. The van der Waals surface area contributed by atoms with E-state index in [4.69, 9.17) is 10.6 Å². The molecule has 1 aromatic carbocycles. The number of fused-ring (bicyclic) bond motifs is 3. The van der Waals surface area contributed by atoms with E-state index in [1.54, 1.807) is 13.3 Å². The molecule has 1 amide bonds. The highest BCUT2D eigenvalue weighted by molar-refractivity contribution is 6.13. The van der Waals surface area contributed by atoms with Gasteiger partial charge >= 0.3 is 0 Å². The summed E-state index contributed by atoms with van der Waals surface area (Å²) in [4.78, 5) is 18.9. The maximum absolute atomic E-state index is 11.7. The van der Waals surface area contributed by atoms with Crippen LogP contribution in [0.5, 0.6) is 5.75 Å². The summed E-state index contributed by atoms with van der Waals surface area (Å²) >= 11 is 0. The molecule has 0 aliphatic heterocycles. The zero-order valence-corrected chi connectivity index (χ0v) is 10.2. The average molecular weight is 256 g/mol. The zero-order chi connectivity index (χ0) is 13.4. The third-order valence-corrected chi connectivity index (χ3v) is 3.07. The fourth-order valence-electron chi connectivity index (χ4n) is 2.18. The van der Waals surface area contributed by atoms with Crippen LogP contribution >= 0.6 is 0 Å². The fourth-order valence-corrected chi connectivity index (χ4v) is 2.18. The smallest absolute Gasteiger partial charge is 0.285 e. The number of nitrogens with one attached hydrogen (secondary N) is 2. The number of nitrogens with zero attached hydrogens (tertiary/aromatic N) is 1. The van der Waals surface area contributed by atoms with E-state index >= 15 is 0 Å². The predicted octanol–water partition coefficient (Wildman–Crippen LogP) is 1.33. The van der Waals surface area contributed by atoms with Gasteiger partial charge in [-0.3, -0.25) is 10.2 Å². The number of hydrogen-bond donors (Lipinski definition) is 3. The maximum atomic E-state index is 11.7. The first-order valence-electron chi connectivity index (χ1n) is 5.70. The molecule has 0 spiro atoms. The lowest BCUT2D eigenvalue weighted by Gasteiger charge is -1.99. The van der Waals surface area contributed by atoms with Crippen molar-refractivity contribution in [1.29, 1.82) is 0 Å². The lowest BCUT2D eigenvalue weighted by atomic mass is 10.1. The molecule has 2 aromatic heterocycles. The summed E-state index contributed by atoms with van der Waals surface area (Å²) in [7, 11) is 1.61. The van der Waals surface area contributed by atoms with Crippen molar-refractivity contribution in [3.8, 4) is 5.75 Å². The molecule has 0 saturated carbocycles. The highest BCUT2D eigenvalue weighted by Gasteiger charge is 2.14. The molecule has 0 atom stereocenters. The van der Waals surface area contributed by atoms with Crippen LogP contribution < -0.4 is 16.0 Å². The summed E-state index contributed by atoms with van der Waals surface area (Å²) in [6.45, 7) is 0. The van der Waals surface area contributed by atoms with Gasteiger partial charge in [0.25, 0.3) is 5.91 Å². The van der Waals surface area contributed by atoms with Crippen molar-refractivity contribution in [2.45, 2.75) is 0 Å². The Kier molecular flexibility index (Phi) is 2.57. The van der Waals surface area contributed by atoms with Gasteiger partial charge in [-0.2, -0.15) is 0 Å². The number of nitrogen functional groups attached to an aromatic ring is 1. The number of H-pyrrole nitrogens is 1. The number of aromatic amines is 1. The summed E-state index contributed by atoms with van der Waals surface area (Å²) in [5, 5.41) is 1.93. The normalized spacial score (nSPS) is 10.8. The van der Waals surface area contributed by atoms with Crippen LogP contribution in [0.2, 0.25) is 0 Å². The molecule has 0 saturated heterocycles. The van der Waals surface area contributed by atoms with E-state index in [9.17, 15) is 4.79 Å². The monoisotopic (exact) mass is 256 g/mol. The second kappa shape index (κ2) is 4.25. The molecule has 0 radical (unpaired) electrons. The Hall–Kier alpha value is -2.60. The second-order valence-electron chi connectivity index (χ2n) is 4.09. The summed E-state index contributed by atoms with van der Waals surface area (Å²) in [5.74, 6) is 5.48. The van der Waals surface area contributed by atoms with E-state index in [0.717, 1.165) is 22.0 Å². The summed E-state index contributed by atoms with van der Waals surface area (Å²) in [5.41, 5.74) is 3.91. The Bertz CT molecular complexity index is 779. The number of benzene rings is 1. The van der Waals surface area contributed by atoms with E-state index in [2.05, 4.69) is 15.4 Å². The zero-order valence-electron chi connectivity index (χ0n) is 10.2. The summed E-state index contributed by atoms with van der Waals surface area (Å²) < 4.78 is 5.18. The van der Waals surface area contributed by atoms with Crippen molar-refractivity contribution in [3.05, 3.63) is 36.2 Å². The van der Waals surface area contributed by atoms with Gasteiger partial charge in [-0.15, -0.1) is 0 Å². The number of methoxy groups -OCH3 is 1. The topological polar surface area (TPSA) is 93.0 Å². The average Bonchev–Trinajstić information content (AvgIpc) is 2.83. The van der Waals surface area contributed by atoms with Crippen LogP contribution in [-0.4, -0.2) is 23.0 Å². The highest BCUT2D eigenvalue weighted by atomic mass is 16.5. The highest BCUT2D eigenvalue weighted by Crippen LogP contribution is 2.29. The third-order valence-electron chi connectivity index (χ3n) is 3.07. The number of ether oxygens (including phenoxy) is 1. The largest absolute Gasteiger partial charge is 0.497 e. The van der Waals surface area contributed by atoms with Gasteiger partial charge in [-0.25, -0.2) is 10.8 Å². The minimum Gasteiger partial charge on any atom is -0.497 e. The Morgan fingerprint density at radius 2 is 2.21 bits per heavy atom. The Morgan fingerprint density at radius 3 is 2.95 bits per heavy atom. The van der Waals surface area contributed by atoms with Gasteiger partial charge < -0.3 is 9.72 Å². The molecule has 0 unspecified atom stereocenters. The van der Waals surface area contributed by atoms with Gasteiger partial charge in [-0.05, 0) is 18.2 Å². The van der Waals surface area contributed by atoms with Gasteiger partial charge in [0, 0.05) is 23.0 Å². The Labute approximate surface area is 108 Å². The SMILES string of the molecule is COc1ccc2c(c1)[nH]c1c(C(=O)NN)nccc12. The van der Waals surface area contributed by atoms with Crippen LogP contribution in [0.4, 0.5) is 0 Å². The number of hydrazine groups is 1. The Morgan fingerprint density at radius 1 is 1.37 bits per heavy atom. The van der Waals surface area contributed by atoms with E-state index in [-0.39, 0.29) is 5.69 Å². The lowest BCUT2D eigenvalue weighted by molar-refractivity contribution is 0.0950. The molecular weight excluding hydrogens is 244 g/mol. The van der Waals surface area contributed by atoms with Crippen molar-refractivity contribution in [2.24, 2.45) is 5.84 Å². The second-order valence-corrected chi connectivity index (χ2v) is 4.09. The molecule has 4 N–H and O–H groups in total. The van der Waals surface area contributed by atoms with E-state index < -0.39 is 5.91 Å². The van der Waals surface area contributed by atoms with Crippen LogP contribution in [0.1, 0.15) is 10.5 Å². The lowest BCUT2D eigenvalue weighted by Crippen LogP contribution is -2.30. The Balaban J connectivity index is 2.35. The first-order chi connectivity index (χ1) is 9.24. The van der Waals surface area contributed by atoms with Gasteiger partial charge in [0.1, 0.15) is 5.75 Å². The number of carbonyl (C=O) groups excluding carboxylic acids is 1. The minimum atomic E-state index is -0.427. The van der Waals surface area contributed by atoms with Gasteiger partial charge in [0.15, 0.2) is 5.69 Å². The van der Waals surface area contributed by atoms with E-state index in [1.165, 1.54) is 0 Å². The number of aromatic nitrogens is 2. The van der Waals surface area contributed by atoms with Crippen molar-refractivity contribution in [2.75, 3.05) is 7.11 Å². The standard InChI is InChI=1S/C13H12N4O2/c1-19-7-2-3-8-9-4-5-15-12(13(18)17-14)11(9)16-10(8)6-7/h2-6,16H,14H2,1H3,(H,17,18). The molecular formula is C13H12N4O2. The molecule has 96 valence electrons. The number of rotatable bonds is 2. The quantitative estimate of drug-likeness (QED) is 0.366. The molecule has 6 heteroatoms. The van der Waals surface area contributed by atoms with Gasteiger partial charge in [0.05, 0.1) is 18.1 Å². The minimum absolute atomic E-state index is 0.273. The molecule has 0 aliphatic rings. The van der Waals surface area contributed by atoms with E-state index in [1.807, 2.05) is 24.3 Å². The number of nitrogens with two attached hydrogens (primary N) is 1. The van der Waals surface area contributed by atoms with Crippen LogP contribution in [0, 0.1) is 0 Å². The van der Waals surface area contributed by atoms with Crippen LogP contribution in [0.3, 0.4) is 0 Å². The maximum Gasteiger partial charge on any atom is 0.285 e. The van der Waals surface area contributed by atoms with Crippen molar-refractivity contribution in [3.63, 3.8) is 0 Å². The molecule has 0 bridgehead atoms. The molecule has 3 rings (SSSR count). The molecule has 6 nitrogen and oxygen atoms in total. The molecule has 0 fully saturated rings. The van der Waals surface area contributed by atoms with Crippen LogP contribution in [0.25, 0.3) is 21.8 Å². The van der Waals surface area contributed by atoms with Crippen molar-refractivity contribution < 1.29 is 9.53 Å². The summed E-state index contributed by atoms with van der Waals surface area (Å²) in [6.07, 6.45) is 1.59. The number of carbonyl (C=O) groups is 1. The first kappa shape index (κ1) is 11.5. The van der Waals surface area contributed by atoms with Crippen molar-refractivity contribution in [1.82, 2.24) is 15.4 Å². The van der Waals surface area contributed by atoms with Crippen molar-refractivity contribution >= 4 is 27.7 Å². The van der Waals surface area contributed by atoms with Gasteiger partial charge in [0.2, 0.25) is 0 Å². The predicted molar refractivity (Wildman–Crippen MR) is 71.8 cm³/mol. The van der Waals surface area contributed by atoms with Crippen LogP contribution in [0.15, 0.2) is 30.5 Å². The summed E-state index contributed by atoms with van der Waals surface area (Å²) in [6, 6.07) is 7.54. The molecule has 19 heavy (non-hydrogen) atoms. The number of pyridine rings is 1. The van der Waals surface area contributed by atoms with Crippen LogP contribution in [-0.2, 0) is 0 Å². The number of amides is 1. The van der Waals surface area contributed by atoms with Gasteiger partial charge in [-0.1, -0.05) is 0 Å². The molecule has 2 heterocycles.